The number of carboxylic acid groups (broad SMARTS) is 1. The van der Waals surface area contributed by atoms with Crippen molar-refractivity contribution in [2.75, 3.05) is 6.61 Å². The van der Waals surface area contributed by atoms with Crippen LogP contribution >= 0.6 is 0 Å². The van der Waals surface area contributed by atoms with Crippen molar-refractivity contribution in [1.29, 1.82) is 0 Å². The monoisotopic (exact) mass is 201 g/mol. The van der Waals surface area contributed by atoms with Crippen LogP contribution in [0.2, 0.25) is 0 Å². The quantitative estimate of drug-likeness (QED) is 0.685. The third-order valence-electron chi connectivity index (χ3n) is 2.57. The van der Waals surface area contributed by atoms with Gasteiger partial charge in [0, 0.05) is 16.7 Å². The van der Waals surface area contributed by atoms with Gasteiger partial charge in [0.05, 0.1) is 11.3 Å². The van der Waals surface area contributed by atoms with Crippen molar-refractivity contribution in [2.24, 2.45) is 4.99 Å². The Balaban J connectivity index is 2.50. The third-order valence-corrected chi connectivity index (χ3v) is 2.57. The molecule has 2 heterocycles. The number of benzene rings is 1. The van der Waals surface area contributed by atoms with E-state index in [1.54, 1.807) is 12.3 Å². The van der Waals surface area contributed by atoms with Gasteiger partial charge in [-0.3, -0.25) is 4.99 Å². The number of nitrogens with zero attached hydrogens (tertiary/aromatic N) is 1. The van der Waals surface area contributed by atoms with Gasteiger partial charge in [0.25, 0.3) is 0 Å². The first-order chi connectivity index (χ1) is 7.27. The molecule has 1 aromatic rings. The van der Waals surface area contributed by atoms with Crippen LogP contribution in [0.1, 0.15) is 0 Å². The summed E-state index contributed by atoms with van der Waals surface area (Å²) in [4.78, 5) is 15.1. The van der Waals surface area contributed by atoms with E-state index in [4.69, 9.17) is 9.84 Å². The normalized spacial score (nSPS) is 15.6. The minimum Gasteiger partial charge on any atom is -0.488 e. The second-order valence-corrected chi connectivity index (χ2v) is 3.39. The molecule has 15 heavy (non-hydrogen) atoms. The van der Waals surface area contributed by atoms with Crippen molar-refractivity contribution in [3.05, 3.63) is 22.6 Å². The highest BCUT2D eigenvalue weighted by Gasteiger charge is 2.21. The molecular formula is C11H7NO3. The smallest absolute Gasteiger partial charge is 0.335 e. The number of aliphatic carboxylic acids is 1. The molecule has 0 aliphatic carbocycles. The summed E-state index contributed by atoms with van der Waals surface area (Å²) >= 11 is 0. The van der Waals surface area contributed by atoms with Crippen LogP contribution in [-0.2, 0) is 4.79 Å². The van der Waals surface area contributed by atoms with Crippen LogP contribution in [0.3, 0.4) is 0 Å². The molecule has 74 valence electrons. The van der Waals surface area contributed by atoms with E-state index in [-0.39, 0.29) is 6.61 Å². The summed E-state index contributed by atoms with van der Waals surface area (Å²) in [7, 11) is 0. The molecule has 0 aromatic heterocycles. The maximum absolute atomic E-state index is 11.0. The number of fused-ring (bicyclic) bond motifs is 3. The summed E-state index contributed by atoms with van der Waals surface area (Å²) in [5.74, 6) is -0.296. The molecule has 3 rings (SSSR count). The van der Waals surface area contributed by atoms with Gasteiger partial charge in [0.1, 0.15) is 12.4 Å². The summed E-state index contributed by atoms with van der Waals surface area (Å²) in [5.41, 5.74) is 1.11. The van der Waals surface area contributed by atoms with Crippen LogP contribution in [0, 0.1) is 0 Å². The lowest BCUT2D eigenvalue weighted by Gasteiger charge is -1.96. The highest BCUT2D eigenvalue weighted by Crippen LogP contribution is 2.16. The zero-order valence-corrected chi connectivity index (χ0v) is 7.73. The van der Waals surface area contributed by atoms with Crippen molar-refractivity contribution in [1.82, 2.24) is 0 Å². The van der Waals surface area contributed by atoms with E-state index in [2.05, 4.69) is 4.99 Å². The molecule has 2 aliphatic heterocycles. The molecule has 0 fully saturated rings. The fraction of sp³-hybridized carbons (Fsp3) is 0.0909. The molecule has 2 aliphatic rings. The van der Waals surface area contributed by atoms with E-state index in [1.165, 1.54) is 0 Å². The molecule has 0 amide bonds. The van der Waals surface area contributed by atoms with E-state index in [0.29, 0.717) is 16.5 Å². The molecule has 0 atom stereocenters. The molecular weight excluding hydrogens is 194 g/mol. The molecule has 4 heteroatoms. The first-order valence-electron chi connectivity index (χ1n) is 4.54. The lowest BCUT2D eigenvalue weighted by molar-refractivity contribution is -0.130. The number of aliphatic imine (C=N–C) groups is 1. The van der Waals surface area contributed by atoms with Crippen LogP contribution in [-0.4, -0.2) is 23.9 Å². The SMILES string of the molecule is O=C(O)C1=c2c(ccc3c2=CC=N3)OC1. The maximum atomic E-state index is 11.0. The van der Waals surface area contributed by atoms with Crippen LogP contribution in [0.15, 0.2) is 17.1 Å². The number of hydrogen-bond acceptors (Lipinski definition) is 3. The fourth-order valence-electron chi connectivity index (χ4n) is 1.88. The van der Waals surface area contributed by atoms with Gasteiger partial charge in [-0.15, -0.1) is 0 Å². The van der Waals surface area contributed by atoms with Crippen molar-refractivity contribution < 1.29 is 14.6 Å². The Morgan fingerprint density at radius 1 is 1.47 bits per heavy atom. The largest absolute Gasteiger partial charge is 0.488 e. The van der Waals surface area contributed by atoms with E-state index in [0.717, 1.165) is 10.9 Å². The summed E-state index contributed by atoms with van der Waals surface area (Å²) in [5, 5.41) is 10.5. The Morgan fingerprint density at radius 2 is 2.33 bits per heavy atom. The minimum atomic E-state index is -0.928. The molecule has 0 spiro atoms. The summed E-state index contributed by atoms with van der Waals surface area (Å²) in [6, 6.07) is 3.60. The van der Waals surface area contributed by atoms with Gasteiger partial charge in [-0.1, -0.05) is 0 Å². The molecule has 1 N–H and O–H groups in total. The molecule has 0 saturated carbocycles. The van der Waals surface area contributed by atoms with E-state index >= 15 is 0 Å². The van der Waals surface area contributed by atoms with Crippen molar-refractivity contribution in [2.45, 2.75) is 0 Å². The molecule has 1 aromatic carbocycles. The van der Waals surface area contributed by atoms with Crippen LogP contribution in [0.5, 0.6) is 5.75 Å². The Bertz CT molecular complexity index is 613. The predicted octanol–water partition coefficient (Wildman–Crippen LogP) is -0.189. The van der Waals surface area contributed by atoms with E-state index in [1.807, 2.05) is 12.1 Å². The summed E-state index contributed by atoms with van der Waals surface area (Å²) < 4.78 is 5.30. The zero-order valence-electron chi connectivity index (χ0n) is 7.73. The molecule has 0 radical (unpaired) electrons. The number of hydrogen-bond donors (Lipinski definition) is 1. The van der Waals surface area contributed by atoms with E-state index in [9.17, 15) is 4.79 Å². The van der Waals surface area contributed by atoms with Gasteiger partial charge in [-0.05, 0) is 18.2 Å². The molecule has 0 bridgehead atoms. The predicted molar refractivity (Wildman–Crippen MR) is 54.8 cm³/mol. The average Bonchev–Trinajstić information content (AvgIpc) is 2.82. The first kappa shape index (κ1) is 8.23. The van der Waals surface area contributed by atoms with Gasteiger partial charge in [-0.2, -0.15) is 0 Å². The fourth-order valence-corrected chi connectivity index (χ4v) is 1.88. The van der Waals surface area contributed by atoms with Crippen LogP contribution in [0.4, 0.5) is 5.69 Å². The van der Waals surface area contributed by atoms with Gasteiger partial charge in [0.2, 0.25) is 0 Å². The topological polar surface area (TPSA) is 58.9 Å². The highest BCUT2D eigenvalue weighted by atomic mass is 16.5. The Labute approximate surface area is 84.8 Å². The van der Waals surface area contributed by atoms with Crippen molar-refractivity contribution >= 4 is 29.5 Å². The summed E-state index contributed by atoms with van der Waals surface area (Å²) in [6.07, 6.45) is 3.48. The molecule has 0 saturated heterocycles. The second-order valence-electron chi connectivity index (χ2n) is 3.39. The van der Waals surface area contributed by atoms with E-state index < -0.39 is 5.97 Å². The Hall–Kier alpha value is -2.10. The number of rotatable bonds is 1. The molecule has 4 nitrogen and oxygen atoms in total. The third kappa shape index (κ3) is 1.01. The van der Waals surface area contributed by atoms with Crippen molar-refractivity contribution in [3.63, 3.8) is 0 Å². The first-order valence-corrected chi connectivity index (χ1v) is 4.54. The lowest BCUT2D eigenvalue weighted by Crippen LogP contribution is -2.26. The van der Waals surface area contributed by atoms with Crippen molar-refractivity contribution in [3.8, 4) is 5.75 Å². The second kappa shape index (κ2) is 2.70. The number of carboxylic acids is 1. The van der Waals surface area contributed by atoms with Gasteiger partial charge in [-0.25, -0.2) is 4.79 Å². The molecule has 0 unspecified atom stereocenters. The highest BCUT2D eigenvalue weighted by molar-refractivity contribution is 6.10. The average molecular weight is 201 g/mol. The zero-order chi connectivity index (χ0) is 10.4. The van der Waals surface area contributed by atoms with Gasteiger partial charge < -0.3 is 9.84 Å². The van der Waals surface area contributed by atoms with Gasteiger partial charge in [0.15, 0.2) is 0 Å². The number of ether oxygens (including phenoxy) is 1. The van der Waals surface area contributed by atoms with Crippen LogP contribution in [0.25, 0.3) is 11.6 Å². The summed E-state index contributed by atoms with van der Waals surface area (Å²) in [6.45, 7) is 0.134. The van der Waals surface area contributed by atoms with Gasteiger partial charge >= 0.3 is 5.97 Å². The maximum Gasteiger partial charge on any atom is 0.335 e. The number of carbonyl (C=O) groups is 1. The Kier molecular flexibility index (Phi) is 1.48. The minimum absolute atomic E-state index is 0.134. The van der Waals surface area contributed by atoms with Crippen LogP contribution < -0.4 is 15.2 Å². The Morgan fingerprint density at radius 3 is 3.13 bits per heavy atom. The lowest BCUT2D eigenvalue weighted by atomic mass is 10.1. The standard InChI is InChI=1S/C11H7NO3/c13-11(14)7-5-15-9-2-1-8-6(10(7)9)3-4-12-8/h1-4H,5H2,(H,13,14).